The fourth-order valence-corrected chi connectivity index (χ4v) is 3.29. The Labute approximate surface area is 152 Å². The van der Waals surface area contributed by atoms with Crippen molar-refractivity contribution in [1.29, 1.82) is 0 Å². The molecule has 1 aromatic heterocycles. The van der Waals surface area contributed by atoms with Crippen molar-refractivity contribution in [3.05, 3.63) is 89.5 Å². The second-order valence-electron chi connectivity index (χ2n) is 6.41. The molecule has 5 heteroatoms. The van der Waals surface area contributed by atoms with Gasteiger partial charge in [-0.1, -0.05) is 48.5 Å². The van der Waals surface area contributed by atoms with Crippen LogP contribution >= 0.6 is 0 Å². The number of fused-ring (bicyclic) bond motifs is 1. The minimum Gasteiger partial charge on any atom is -0.321 e. The number of benzene rings is 2. The van der Waals surface area contributed by atoms with Crippen LogP contribution in [0.1, 0.15) is 27.3 Å². The molecule has 0 bridgehead atoms. The molecule has 130 valence electrons. The van der Waals surface area contributed by atoms with E-state index in [1.807, 2.05) is 36.4 Å². The number of nitrogens with one attached hydrogen (secondary N) is 1. The summed E-state index contributed by atoms with van der Waals surface area (Å²) in [6.45, 7) is 2.51. The minimum absolute atomic E-state index is 0.175. The van der Waals surface area contributed by atoms with Gasteiger partial charge >= 0.3 is 0 Å². The zero-order valence-corrected chi connectivity index (χ0v) is 14.4. The molecule has 0 saturated heterocycles. The molecule has 1 amide bonds. The first kappa shape index (κ1) is 16.4. The van der Waals surface area contributed by atoms with Gasteiger partial charge in [-0.15, -0.1) is 0 Å². The number of nitrogens with zero attached hydrogens (tertiary/aromatic N) is 3. The number of carbonyl (C=O) groups excluding carboxylic acids is 1. The molecule has 1 aliphatic rings. The molecule has 0 radical (unpaired) electrons. The Kier molecular flexibility index (Phi) is 4.71. The molecule has 2 heterocycles. The van der Waals surface area contributed by atoms with Crippen LogP contribution in [0.25, 0.3) is 0 Å². The maximum Gasteiger partial charge on any atom is 0.274 e. The lowest BCUT2D eigenvalue weighted by Gasteiger charge is -2.28. The van der Waals surface area contributed by atoms with Crippen LogP contribution in [0.5, 0.6) is 0 Å². The highest BCUT2D eigenvalue weighted by Gasteiger charge is 2.24. The fraction of sp³-hybridized carbons (Fsp3) is 0.190. The zero-order chi connectivity index (χ0) is 17.8. The molecule has 3 aromatic rings. The topological polar surface area (TPSA) is 58.1 Å². The average Bonchev–Trinajstić information content (AvgIpc) is 2.69. The largest absolute Gasteiger partial charge is 0.321 e. The van der Waals surface area contributed by atoms with Crippen LogP contribution in [-0.4, -0.2) is 27.3 Å². The van der Waals surface area contributed by atoms with Crippen molar-refractivity contribution in [3.63, 3.8) is 0 Å². The lowest BCUT2D eigenvalue weighted by atomic mass is 10.0. The molecule has 0 fully saturated rings. The van der Waals surface area contributed by atoms with Crippen molar-refractivity contribution >= 4 is 11.6 Å². The van der Waals surface area contributed by atoms with Crippen LogP contribution in [0.2, 0.25) is 0 Å². The molecule has 0 unspecified atom stereocenters. The Morgan fingerprint density at radius 3 is 2.50 bits per heavy atom. The van der Waals surface area contributed by atoms with Gasteiger partial charge in [0.25, 0.3) is 5.91 Å². The van der Waals surface area contributed by atoms with E-state index < -0.39 is 0 Å². The minimum atomic E-state index is -0.175. The van der Waals surface area contributed by atoms with Gasteiger partial charge in [0.1, 0.15) is 12.0 Å². The number of hydrogen-bond donors (Lipinski definition) is 1. The molecular formula is C21H20N4O. The van der Waals surface area contributed by atoms with Crippen LogP contribution < -0.4 is 5.32 Å². The first-order valence-corrected chi connectivity index (χ1v) is 8.75. The quantitative estimate of drug-likeness (QED) is 0.789. The molecule has 2 aromatic carbocycles. The van der Waals surface area contributed by atoms with Crippen LogP contribution in [0.3, 0.4) is 0 Å². The van der Waals surface area contributed by atoms with Crippen molar-refractivity contribution in [2.45, 2.75) is 19.5 Å². The predicted molar refractivity (Wildman–Crippen MR) is 101 cm³/mol. The molecule has 5 nitrogen and oxygen atoms in total. The van der Waals surface area contributed by atoms with E-state index in [9.17, 15) is 4.79 Å². The Balaban J connectivity index is 1.51. The van der Waals surface area contributed by atoms with E-state index in [1.54, 1.807) is 0 Å². The third-order valence-corrected chi connectivity index (χ3v) is 4.58. The van der Waals surface area contributed by atoms with Gasteiger partial charge in [0.2, 0.25) is 0 Å². The smallest absolute Gasteiger partial charge is 0.274 e. The zero-order valence-electron chi connectivity index (χ0n) is 14.4. The summed E-state index contributed by atoms with van der Waals surface area (Å²) >= 11 is 0. The number of hydrogen-bond acceptors (Lipinski definition) is 4. The summed E-state index contributed by atoms with van der Waals surface area (Å²) in [7, 11) is 0. The van der Waals surface area contributed by atoms with Crippen LogP contribution in [0, 0.1) is 0 Å². The number of aromatic nitrogens is 2. The first-order valence-electron chi connectivity index (χ1n) is 8.75. The summed E-state index contributed by atoms with van der Waals surface area (Å²) in [6.07, 6.45) is 2.27. The molecule has 0 saturated carbocycles. The number of rotatable bonds is 4. The van der Waals surface area contributed by atoms with E-state index in [2.05, 4.69) is 44.5 Å². The highest BCUT2D eigenvalue weighted by molar-refractivity contribution is 6.03. The summed E-state index contributed by atoms with van der Waals surface area (Å²) in [5.41, 5.74) is 4.45. The summed E-state index contributed by atoms with van der Waals surface area (Å²) in [6, 6.07) is 19.9. The van der Waals surface area contributed by atoms with Crippen LogP contribution in [-0.2, 0) is 19.5 Å². The van der Waals surface area contributed by atoms with Gasteiger partial charge in [-0.3, -0.25) is 9.69 Å². The number of anilines is 1. The highest BCUT2D eigenvalue weighted by atomic mass is 16.1. The number of para-hydroxylation sites is 1. The van der Waals surface area contributed by atoms with Crippen molar-refractivity contribution in [1.82, 2.24) is 14.9 Å². The fourth-order valence-electron chi connectivity index (χ4n) is 3.29. The SMILES string of the molecule is O=C(Nc1ccccc1)c1ncnc2c1CCN(Cc1ccccc1)C2. The van der Waals surface area contributed by atoms with Gasteiger partial charge in [-0.25, -0.2) is 9.97 Å². The maximum atomic E-state index is 12.6. The lowest BCUT2D eigenvalue weighted by molar-refractivity contribution is 0.101. The third-order valence-electron chi connectivity index (χ3n) is 4.58. The predicted octanol–water partition coefficient (Wildman–Crippen LogP) is 3.29. The first-order chi connectivity index (χ1) is 12.8. The van der Waals surface area contributed by atoms with Crippen LogP contribution in [0.4, 0.5) is 5.69 Å². The van der Waals surface area contributed by atoms with Gasteiger partial charge in [0.15, 0.2) is 0 Å². The normalized spacial score (nSPS) is 13.8. The Bertz CT molecular complexity index is 896. The lowest BCUT2D eigenvalue weighted by Crippen LogP contribution is -2.32. The van der Waals surface area contributed by atoms with E-state index in [-0.39, 0.29) is 5.91 Å². The molecule has 1 aliphatic heterocycles. The standard InChI is InChI=1S/C21H20N4O/c26-21(24-17-9-5-2-6-10-17)20-18-11-12-25(14-19(18)22-15-23-20)13-16-7-3-1-4-8-16/h1-10,15H,11-14H2,(H,24,26). The molecular weight excluding hydrogens is 324 g/mol. The van der Waals surface area contributed by atoms with E-state index in [0.717, 1.165) is 43.0 Å². The van der Waals surface area contributed by atoms with Gasteiger partial charge in [-0.05, 0) is 24.1 Å². The molecule has 4 rings (SSSR count). The van der Waals surface area contributed by atoms with Crippen molar-refractivity contribution in [3.8, 4) is 0 Å². The Hall–Kier alpha value is -3.05. The highest BCUT2D eigenvalue weighted by Crippen LogP contribution is 2.21. The van der Waals surface area contributed by atoms with E-state index in [1.165, 1.54) is 11.9 Å². The second-order valence-corrected chi connectivity index (χ2v) is 6.41. The Morgan fingerprint density at radius 2 is 1.73 bits per heavy atom. The van der Waals surface area contributed by atoms with E-state index >= 15 is 0 Å². The summed E-state index contributed by atoms with van der Waals surface area (Å²) < 4.78 is 0. The maximum absolute atomic E-state index is 12.6. The van der Waals surface area contributed by atoms with Crippen molar-refractivity contribution in [2.24, 2.45) is 0 Å². The Morgan fingerprint density at radius 1 is 1.00 bits per heavy atom. The van der Waals surface area contributed by atoms with Gasteiger partial charge < -0.3 is 5.32 Å². The molecule has 1 N–H and O–H groups in total. The van der Waals surface area contributed by atoms with Crippen LogP contribution in [0.15, 0.2) is 67.0 Å². The summed E-state index contributed by atoms with van der Waals surface area (Å²) in [5.74, 6) is -0.175. The third kappa shape index (κ3) is 3.63. The average molecular weight is 344 g/mol. The van der Waals surface area contributed by atoms with Crippen molar-refractivity contribution < 1.29 is 4.79 Å². The summed E-state index contributed by atoms with van der Waals surface area (Å²) in [4.78, 5) is 23.7. The van der Waals surface area contributed by atoms with Crippen molar-refractivity contribution in [2.75, 3.05) is 11.9 Å². The number of amides is 1. The molecule has 0 spiro atoms. The molecule has 0 atom stereocenters. The summed E-state index contributed by atoms with van der Waals surface area (Å²) in [5, 5.41) is 2.92. The van der Waals surface area contributed by atoms with E-state index in [0.29, 0.717) is 5.69 Å². The monoisotopic (exact) mass is 344 g/mol. The van der Waals surface area contributed by atoms with E-state index in [4.69, 9.17) is 0 Å². The van der Waals surface area contributed by atoms with Gasteiger partial charge in [-0.2, -0.15) is 0 Å². The second kappa shape index (κ2) is 7.45. The van der Waals surface area contributed by atoms with Gasteiger partial charge in [0.05, 0.1) is 5.69 Å². The van der Waals surface area contributed by atoms with Gasteiger partial charge in [0, 0.05) is 30.9 Å². The number of carbonyl (C=O) groups is 1. The molecule has 26 heavy (non-hydrogen) atoms. The molecule has 0 aliphatic carbocycles.